The third kappa shape index (κ3) is 7.08. The number of nitrogens with zero attached hydrogens (tertiary/aromatic N) is 1. The van der Waals surface area contributed by atoms with Crippen LogP contribution in [0.4, 0.5) is 4.39 Å². The number of hydrogen-bond acceptors (Lipinski definition) is 5. The van der Waals surface area contributed by atoms with Crippen molar-refractivity contribution in [2.75, 3.05) is 33.8 Å². The molecule has 0 radical (unpaired) electrons. The molecule has 2 N–H and O–H groups in total. The largest absolute Gasteiger partial charge is 0.494 e. The summed E-state index contributed by atoms with van der Waals surface area (Å²) in [6.45, 7) is 2.64. The van der Waals surface area contributed by atoms with Crippen molar-refractivity contribution in [1.29, 1.82) is 0 Å². The maximum Gasteiger partial charge on any atom is 0.240 e. The Balaban J connectivity index is 1.83. The van der Waals surface area contributed by atoms with Crippen LogP contribution in [0.15, 0.2) is 53.4 Å². The van der Waals surface area contributed by atoms with E-state index in [2.05, 4.69) is 10.0 Å². The highest BCUT2D eigenvalue weighted by Gasteiger charge is 2.17. The van der Waals surface area contributed by atoms with Crippen LogP contribution in [0.3, 0.4) is 0 Å². The first-order valence-electron chi connectivity index (χ1n) is 9.64. The Morgan fingerprint density at radius 2 is 1.73 bits per heavy atom. The predicted molar refractivity (Wildman–Crippen MR) is 113 cm³/mol. The molecule has 1 amide bonds. The van der Waals surface area contributed by atoms with E-state index in [1.807, 2.05) is 25.9 Å². The predicted octanol–water partition coefficient (Wildman–Crippen LogP) is 2.31. The van der Waals surface area contributed by atoms with Crippen LogP contribution in [0.5, 0.6) is 5.75 Å². The Morgan fingerprint density at radius 3 is 2.30 bits per heavy atom. The molecule has 0 aliphatic heterocycles. The van der Waals surface area contributed by atoms with Crippen LogP contribution in [0, 0.1) is 5.82 Å². The molecule has 0 fully saturated rings. The molecule has 0 bridgehead atoms. The number of likely N-dealkylation sites (N-methyl/N-ethyl adjacent to an activating group) is 1. The summed E-state index contributed by atoms with van der Waals surface area (Å²) in [5, 5.41) is 2.80. The van der Waals surface area contributed by atoms with Gasteiger partial charge in [-0.2, -0.15) is 0 Å². The Morgan fingerprint density at radius 1 is 1.10 bits per heavy atom. The van der Waals surface area contributed by atoms with Crippen LogP contribution < -0.4 is 14.8 Å². The quantitative estimate of drug-likeness (QED) is 0.563. The number of ether oxygens (including phenoxy) is 1. The van der Waals surface area contributed by atoms with Gasteiger partial charge in [-0.25, -0.2) is 17.5 Å². The molecule has 0 aliphatic rings. The Labute approximate surface area is 177 Å². The van der Waals surface area contributed by atoms with E-state index in [1.54, 1.807) is 24.3 Å². The number of nitrogens with one attached hydrogen (secondary N) is 2. The van der Waals surface area contributed by atoms with Crippen molar-refractivity contribution in [3.05, 3.63) is 59.9 Å². The van der Waals surface area contributed by atoms with E-state index in [0.717, 1.165) is 5.56 Å². The number of sulfonamides is 1. The summed E-state index contributed by atoms with van der Waals surface area (Å²) >= 11 is 0. The smallest absolute Gasteiger partial charge is 0.240 e. The first-order chi connectivity index (χ1) is 14.2. The number of halogens is 1. The van der Waals surface area contributed by atoms with Crippen LogP contribution in [0.25, 0.3) is 0 Å². The first kappa shape index (κ1) is 23.8. The second-order valence-electron chi connectivity index (χ2n) is 6.89. The maximum absolute atomic E-state index is 13.1. The molecule has 0 aromatic heterocycles. The molecule has 1 unspecified atom stereocenters. The third-order valence-corrected chi connectivity index (χ3v) is 5.94. The third-order valence-electron chi connectivity index (χ3n) is 4.46. The minimum Gasteiger partial charge on any atom is -0.494 e. The van der Waals surface area contributed by atoms with E-state index in [1.165, 1.54) is 24.3 Å². The number of carbonyl (C=O) groups is 1. The molecule has 30 heavy (non-hydrogen) atoms. The average Bonchev–Trinajstić information content (AvgIpc) is 2.70. The van der Waals surface area contributed by atoms with Crippen LogP contribution in [-0.2, 0) is 14.8 Å². The summed E-state index contributed by atoms with van der Waals surface area (Å²) in [4.78, 5) is 14.2. The van der Waals surface area contributed by atoms with Gasteiger partial charge in [-0.3, -0.25) is 4.79 Å². The summed E-state index contributed by atoms with van der Waals surface area (Å²) in [6, 6.07) is 12.1. The molecule has 2 aromatic carbocycles. The fourth-order valence-corrected chi connectivity index (χ4v) is 3.88. The molecule has 1 atom stereocenters. The second kappa shape index (κ2) is 11.1. The van der Waals surface area contributed by atoms with E-state index < -0.39 is 10.0 Å². The Bertz CT molecular complexity index is 916. The van der Waals surface area contributed by atoms with Gasteiger partial charge < -0.3 is 15.0 Å². The Kier molecular flexibility index (Phi) is 8.76. The van der Waals surface area contributed by atoms with Crippen molar-refractivity contribution >= 4 is 15.9 Å². The summed E-state index contributed by atoms with van der Waals surface area (Å²) < 4.78 is 45.5. The van der Waals surface area contributed by atoms with Gasteiger partial charge in [0.15, 0.2) is 0 Å². The lowest BCUT2D eigenvalue weighted by Gasteiger charge is -2.25. The zero-order chi connectivity index (χ0) is 22.1. The summed E-state index contributed by atoms with van der Waals surface area (Å²) in [6.07, 6.45) is -0.000173. The van der Waals surface area contributed by atoms with Crippen molar-refractivity contribution in [2.45, 2.75) is 24.3 Å². The van der Waals surface area contributed by atoms with E-state index in [-0.39, 0.29) is 35.6 Å². The minimum absolute atomic E-state index is 0.000173. The van der Waals surface area contributed by atoms with Crippen molar-refractivity contribution in [3.63, 3.8) is 0 Å². The van der Waals surface area contributed by atoms with Gasteiger partial charge in [-0.05, 0) is 63.0 Å². The van der Waals surface area contributed by atoms with Crippen LogP contribution in [0.2, 0.25) is 0 Å². The van der Waals surface area contributed by atoms with Gasteiger partial charge in [0.25, 0.3) is 0 Å². The lowest BCUT2D eigenvalue weighted by molar-refractivity contribution is -0.121. The lowest BCUT2D eigenvalue weighted by Crippen LogP contribution is -2.36. The standard InChI is InChI=1S/C21H28FN3O4S/c1-4-29-18-9-11-19(12-10-18)30(27,28)24-14-13-21(26)23-15-20(25(2)3)16-5-7-17(22)8-6-16/h5-12,20,24H,4,13-15H2,1-3H3,(H,23,26). The van der Waals surface area contributed by atoms with Crippen molar-refractivity contribution in [2.24, 2.45) is 0 Å². The highest BCUT2D eigenvalue weighted by atomic mass is 32.2. The topological polar surface area (TPSA) is 87.7 Å². The SMILES string of the molecule is CCOc1ccc(S(=O)(=O)NCCC(=O)NCC(c2ccc(F)cc2)N(C)C)cc1. The number of benzene rings is 2. The van der Waals surface area contributed by atoms with Gasteiger partial charge >= 0.3 is 0 Å². The van der Waals surface area contributed by atoms with Crippen molar-refractivity contribution in [3.8, 4) is 5.75 Å². The molecular weight excluding hydrogens is 409 g/mol. The molecule has 7 nitrogen and oxygen atoms in total. The van der Waals surface area contributed by atoms with Gasteiger partial charge in [-0.1, -0.05) is 12.1 Å². The number of carbonyl (C=O) groups excluding carboxylic acids is 1. The Hall–Kier alpha value is -2.49. The highest BCUT2D eigenvalue weighted by Crippen LogP contribution is 2.18. The molecule has 9 heteroatoms. The zero-order valence-electron chi connectivity index (χ0n) is 17.4. The minimum atomic E-state index is -3.71. The lowest BCUT2D eigenvalue weighted by atomic mass is 10.1. The molecule has 164 valence electrons. The number of amides is 1. The molecule has 0 saturated carbocycles. The van der Waals surface area contributed by atoms with E-state index in [4.69, 9.17) is 4.74 Å². The van der Waals surface area contributed by atoms with Gasteiger partial charge in [0.2, 0.25) is 15.9 Å². The molecule has 2 aromatic rings. The summed E-state index contributed by atoms with van der Waals surface area (Å²) in [7, 11) is 0.0237. The molecule has 0 saturated heterocycles. The molecule has 0 spiro atoms. The fourth-order valence-electron chi connectivity index (χ4n) is 2.85. The summed E-state index contributed by atoms with van der Waals surface area (Å²) in [5.74, 6) is -0.00844. The molecule has 2 rings (SSSR count). The van der Waals surface area contributed by atoms with E-state index >= 15 is 0 Å². The summed E-state index contributed by atoms with van der Waals surface area (Å²) in [5.41, 5.74) is 0.873. The first-order valence-corrected chi connectivity index (χ1v) is 11.1. The van der Waals surface area contributed by atoms with Crippen LogP contribution in [-0.4, -0.2) is 53.0 Å². The number of hydrogen-bond donors (Lipinski definition) is 2. The van der Waals surface area contributed by atoms with Gasteiger partial charge in [0.1, 0.15) is 11.6 Å². The van der Waals surface area contributed by atoms with Gasteiger partial charge in [-0.15, -0.1) is 0 Å². The zero-order valence-corrected chi connectivity index (χ0v) is 18.2. The van der Waals surface area contributed by atoms with Gasteiger partial charge in [0.05, 0.1) is 17.5 Å². The fraction of sp³-hybridized carbons (Fsp3) is 0.381. The van der Waals surface area contributed by atoms with Crippen molar-refractivity contribution < 1.29 is 22.3 Å². The van der Waals surface area contributed by atoms with Gasteiger partial charge in [0, 0.05) is 19.5 Å². The van der Waals surface area contributed by atoms with Crippen LogP contribution >= 0.6 is 0 Å². The highest BCUT2D eigenvalue weighted by molar-refractivity contribution is 7.89. The molecule has 0 heterocycles. The average molecular weight is 438 g/mol. The second-order valence-corrected chi connectivity index (χ2v) is 8.65. The van der Waals surface area contributed by atoms with Crippen LogP contribution in [0.1, 0.15) is 24.9 Å². The van der Waals surface area contributed by atoms with E-state index in [0.29, 0.717) is 18.9 Å². The number of rotatable bonds is 11. The van der Waals surface area contributed by atoms with E-state index in [9.17, 15) is 17.6 Å². The van der Waals surface area contributed by atoms with Crippen molar-refractivity contribution in [1.82, 2.24) is 14.9 Å². The monoisotopic (exact) mass is 437 g/mol. The molecule has 0 aliphatic carbocycles. The molecular formula is C21H28FN3O4S. The normalized spacial score (nSPS) is 12.6. The maximum atomic E-state index is 13.1.